The number of methoxy groups -OCH3 is 1. The maximum Gasteiger partial charge on any atom is 0.123 e. The Labute approximate surface area is 102 Å². The monoisotopic (exact) mass is 242 g/mol. The average molecular weight is 243 g/mol. The van der Waals surface area contributed by atoms with Crippen LogP contribution in [0.3, 0.4) is 0 Å². The van der Waals surface area contributed by atoms with Gasteiger partial charge in [-0.05, 0) is 31.0 Å². The Morgan fingerprint density at radius 3 is 2.38 bits per heavy atom. The zero-order valence-electron chi connectivity index (χ0n) is 10.5. The van der Waals surface area contributed by atoms with Crippen LogP contribution < -0.4 is 4.74 Å². The first-order valence-electron chi connectivity index (χ1n) is 5.30. The van der Waals surface area contributed by atoms with Crippen LogP contribution in [0.1, 0.15) is 30.5 Å². The van der Waals surface area contributed by atoms with Crippen molar-refractivity contribution < 1.29 is 9.84 Å². The molecule has 0 aliphatic heterocycles. The first kappa shape index (κ1) is 13.3. The third-order valence-corrected chi connectivity index (χ3v) is 3.52. The summed E-state index contributed by atoms with van der Waals surface area (Å²) in [5.41, 5.74) is 2.60. The van der Waals surface area contributed by atoms with E-state index < -0.39 is 0 Å². The van der Waals surface area contributed by atoms with Crippen LogP contribution >= 0.6 is 11.6 Å². The molecule has 1 rings (SSSR count). The predicted octanol–water partition coefficient (Wildman–Crippen LogP) is 3.24. The molecule has 0 aliphatic carbocycles. The quantitative estimate of drug-likeness (QED) is 0.882. The zero-order chi connectivity index (χ0) is 12.5. The second kappa shape index (κ2) is 4.64. The van der Waals surface area contributed by atoms with Crippen LogP contribution in [0.5, 0.6) is 5.75 Å². The number of rotatable bonds is 3. The topological polar surface area (TPSA) is 29.5 Å². The van der Waals surface area contributed by atoms with Crippen molar-refractivity contribution in [1.82, 2.24) is 0 Å². The summed E-state index contributed by atoms with van der Waals surface area (Å²) in [6, 6.07) is 1.92. The summed E-state index contributed by atoms with van der Waals surface area (Å²) < 4.78 is 5.38. The van der Waals surface area contributed by atoms with Crippen LogP contribution in [-0.4, -0.2) is 18.8 Å². The van der Waals surface area contributed by atoms with E-state index in [0.717, 1.165) is 27.5 Å². The fourth-order valence-corrected chi connectivity index (χ4v) is 2.15. The number of benzene rings is 1. The lowest BCUT2D eigenvalue weighted by Gasteiger charge is -2.28. The number of aryl methyl sites for hydroxylation is 1. The lowest BCUT2D eigenvalue weighted by molar-refractivity contribution is 0.214. The molecule has 90 valence electrons. The van der Waals surface area contributed by atoms with E-state index in [1.165, 1.54) is 0 Å². The number of aliphatic hydroxyl groups is 1. The Kier molecular flexibility index (Phi) is 3.87. The minimum atomic E-state index is -0.354. The summed E-state index contributed by atoms with van der Waals surface area (Å²) in [5.74, 6) is 0.790. The Hall–Kier alpha value is -0.730. The Morgan fingerprint density at radius 2 is 1.94 bits per heavy atom. The Morgan fingerprint density at radius 1 is 1.38 bits per heavy atom. The molecule has 0 radical (unpaired) electrons. The van der Waals surface area contributed by atoms with E-state index in [4.69, 9.17) is 16.3 Å². The highest BCUT2D eigenvalue weighted by Gasteiger charge is 2.27. The Balaban J connectivity index is 3.53. The van der Waals surface area contributed by atoms with Gasteiger partial charge in [-0.1, -0.05) is 25.4 Å². The smallest absolute Gasteiger partial charge is 0.123 e. The van der Waals surface area contributed by atoms with Gasteiger partial charge < -0.3 is 9.84 Å². The molecule has 0 aliphatic rings. The van der Waals surface area contributed by atoms with E-state index in [1.807, 2.05) is 33.8 Å². The van der Waals surface area contributed by atoms with Gasteiger partial charge in [0, 0.05) is 16.0 Å². The first-order valence-corrected chi connectivity index (χ1v) is 5.68. The largest absolute Gasteiger partial charge is 0.496 e. The molecule has 0 unspecified atom stereocenters. The van der Waals surface area contributed by atoms with Crippen LogP contribution in [-0.2, 0) is 5.41 Å². The first-order chi connectivity index (χ1) is 7.35. The van der Waals surface area contributed by atoms with E-state index in [0.29, 0.717) is 0 Å². The molecule has 0 heterocycles. The van der Waals surface area contributed by atoms with Crippen molar-refractivity contribution in [2.24, 2.45) is 0 Å². The number of hydrogen-bond acceptors (Lipinski definition) is 2. The van der Waals surface area contributed by atoms with Gasteiger partial charge in [-0.25, -0.2) is 0 Å². The van der Waals surface area contributed by atoms with E-state index in [-0.39, 0.29) is 12.0 Å². The molecule has 0 saturated carbocycles. The summed E-state index contributed by atoms with van der Waals surface area (Å²) in [7, 11) is 1.64. The summed E-state index contributed by atoms with van der Waals surface area (Å²) in [5, 5.41) is 10.2. The average Bonchev–Trinajstić information content (AvgIpc) is 2.24. The molecule has 0 atom stereocenters. The van der Waals surface area contributed by atoms with Crippen LogP contribution in [0.4, 0.5) is 0 Å². The summed E-state index contributed by atoms with van der Waals surface area (Å²) in [6.45, 7) is 7.93. The van der Waals surface area contributed by atoms with Crippen molar-refractivity contribution in [1.29, 1.82) is 0 Å². The van der Waals surface area contributed by atoms with Gasteiger partial charge in [-0.15, -0.1) is 0 Å². The summed E-state index contributed by atoms with van der Waals surface area (Å²) >= 11 is 6.24. The summed E-state index contributed by atoms with van der Waals surface area (Å²) in [4.78, 5) is 0. The number of ether oxygens (including phenoxy) is 1. The van der Waals surface area contributed by atoms with Gasteiger partial charge in [0.15, 0.2) is 0 Å². The van der Waals surface area contributed by atoms with E-state index in [9.17, 15) is 5.11 Å². The minimum Gasteiger partial charge on any atom is -0.496 e. The molecule has 1 N–H and O–H groups in total. The lowest BCUT2D eigenvalue weighted by atomic mass is 9.81. The highest BCUT2D eigenvalue weighted by molar-refractivity contribution is 6.32. The molecule has 16 heavy (non-hydrogen) atoms. The van der Waals surface area contributed by atoms with Crippen molar-refractivity contribution in [2.45, 2.75) is 33.1 Å². The lowest BCUT2D eigenvalue weighted by Crippen LogP contribution is -2.24. The molecule has 0 amide bonds. The summed E-state index contributed by atoms with van der Waals surface area (Å²) in [6.07, 6.45) is 0. The Bertz CT molecular complexity index is 397. The molecule has 0 saturated heterocycles. The van der Waals surface area contributed by atoms with E-state index in [2.05, 4.69) is 0 Å². The molecule has 0 bridgehead atoms. The maximum atomic E-state index is 9.45. The second-order valence-electron chi connectivity index (χ2n) is 4.75. The maximum absolute atomic E-state index is 9.45. The molecule has 3 heteroatoms. The van der Waals surface area contributed by atoms with Crippen molar-refractivity contribution in [3.63, 3.8) is 0 Å². The van der Waals surface area contributed by atoms with E-state index >= 15 is 0 Å². The third-order valence-electron chi connectivity index (χ3n) is 2.94. The number of halogens is 1. The molecular formula is C13H19ClO2. The van der Waals surface area contributed by atoms with Crippen LogP contribution in [0.25, 0.3) is 0 Å². The zero-order valence-corrected chi connectivity index (χ0v) is 11.3. The highest BCUT2D eigenvalue weighted by atomic mass is 35.5. The predicted molar refractivity (Wildman–Crippen MR) is 67.6 cm³/mol. The van der Waals surface area contributed by atoms with Crippen LogP contribution in [0.15, 0.2) is 6.07 Å². The fraction of sp³-hybridized carbons (Fsp3) is 0.538. The number of hydrogen-bond donors (Lipinski definition) is 1. The minimum absolute atomic E-state index is 0.0591. The second-order valence-corrected chi connectivity index (χ2v) is 5.13. The van der Waals surface area contributed by atoms with Crippen molar-refractivity contribution in [2.75, 3.05) is 13.7 Å². The van der Waals surface area contributed by atoms with Gasteiger partial charge in [0.25, 0.3) is 0 Å². The SMILES string of the molecule is COc1cc(C)c(Cl)c(C)c1C(C)(C)CO. The molecular weight excluding hydrogens is 224 g/mol. The molecule has 1 aromatic rings. The highest BCUT2D eigenvalue weighted by Crippen LogP contribution is 2.39. The molecule has 0 spiro atoms. The van der Waals surface area contributed by atoms with Gasteiger partial charge in [-0.2, -0.15) is 0 Å². The van der Waals surface area contributed by atoms with Gasteiger partial charge >= 0.3 is 0 Å². The van der Waals surface area contributed by atoms with Gasteiger partial charge in [0.2, 0.25) is 0 Å². The fourth-order valence-electron chi connectivity index (χ4n) is 2.00. The van der Waals surface area contributed by atoms with Crippen molar-refractivity contribution in [3.8, 4) is 5.75 Å². The molecule has 1 aromatic carbocycles. The van der Waals surface area contributed by atoms with Crippen LogP contribution in [0, 0.1) is 13.8 Å². The normalized spacial score (nSPS) is 11.7. The van der Waals surface area contributed by atoms with E-state index in [1.54, 1.807) is 7.11 Å². The standard InChI is InChI=1S/C13H19ClO2/c1-8-6-10(16-5)11(9(2)12(8)14)13(3,4)7-15/h6,15H,7H2,1-5H3. The molecule has 0 fully saturated rings. The number of aliphatic hydroxyl groups excluding tert-OH is 1. The van der Waals surface area contributed by atoms with Crippen molar-refractivity contribution in [3.05, 3.63) is 27.8 Å². The third kappa shape index (κ3) is 2.18. The van der Waals surface area contributed by atoms with Crippen LogP contribution in [0.2, 0.25) is 5.02 Å². The van der Waals surface area contributed by atoms with Gasteiger partial charge in [0.1, 0.15) is 5.75 Å². The van der Waals surface area contributed by atoms with Crippen molar-refractivity contribution >= 4 is 11.6 Å². The molecule has 0 aromatic heterocycles. The molecule has 2 nitrogen and oxygen atoms in total. The van der Waals surface area contributed by atoms with Gasteiger partial charge in [-0.3, -0.25) is 0 Å². The van der Waals surface area contributed by atoms with Gasteiger partial charge in [0.05, 0.1) is 13.7 Å².